The first-order chi connectivity index (χ1) is 10.1. The Morgan fingerprint density at radius 2 is 1.90 bits per heavy atom. The van der Waals surface area contributed by atoms with E-state index in [2.05, 4.69) is 32.2 Å². The quantitative estimate of drug-likeness (QED) is 0.870. The Bertz CT molecular complexity index is 446. The maximum absolute atomic E-state index is 5.65. The molecule has 0 amide bonds. The summed E-state index contributed by atoms with van der Waals surface area (Å²) in [5, 5.41) is 3.15. The molecule has 0 saturated heterocycles. The number of hydrogen-bond acceptors (Lipinski definition) is 6. The van der Waals surface area contributed by atoms with Crippen LogP contribution in [0.2, 0.25) is 0 Å². The van der Waals surface area contributed by atoms with Crippen LogP contribution in [-0.2, 0) is 0 Å². The van der Waals surface area contributed by atoms with Crippen LogP contribution in [0.4, 0.5) is 11.9 Å². The fourth-order valence-electron chi connectivity index (χ4n) is 2.64. The standard InChI is InChI=1S/C15H27N5O/c1-5-16-13-17-14(19-15(18-13)21-11(2)3)20(4)12-9-7-6-8-10-12/h11-12H,5-10H2,1-4H3,(H,16,17,18,19). The summed E-state index contributed by atoms with van der Waals surface area (Å²) in [5.41, 5.74) is 0. The highest BCUT2D eigenvalue weighted by Gasteiger charge is 2.21. The Morgan fingerprint density at radius 3 is 2.52 bits per heavy atom. The van der Waals surface area contributed by atoms with Crippen LogP contribution in [0, 0.1) is 0 Å². The van der Waals surface area contributed by atoms with Gasteiger partial charge in [0.1, 0.15) is 0 Å². The summed E-state index contributed by atoms with van der Waals surface area (Å²) in [7, 11) is 2.07. The van der Waals surface area contributed by atoms with Gasteiger partial charge < -0.3 is 15.0 Å². The van der Waals surface area contributed by atoms with Gasteiger partial charge in [0.25, 0.3) is 0 Å². The first-order valence-electron chi connectivity index (χ1n) is 7.99. The molecule has 0 aliphatic heterocycles. The van der Waals surface area contributed by atoms with Crippen molar-refractivity contribution in [2.24, 2.45) is 0 Å². The molecule has 6 nitrogen and oxygen atoms in total. The molecule has 1 aromatic heterocycles. The third-order valence-electron chi connectivity index (χ3n) is 3.72. The Morgan fingerprint density at radius 1 is 1.19 bits per heavy atom. The highest BCUT2D eigenvalue weighted by Crippen LogP contribution is 2.25. The van der Waals surface area contributed by atoms with Crippen molar-refractivity contribution in [2.45, 2.75) is 65.0 Å². The van der Waals surface area contributed by atoms with E-state index in [0.717, 1.165) is 6.54 Å². The summed E-state index contributed by atoms with van der Waals surface area (Å²) in [6.45, 7) is 6.75. The van der Waals surface area contributed by atoms with E-state index in [9.17, 15) is 0 Å². The lowest BCUT2D eigenvalue weighted by Gasteiger charge is -2.31. The van der Waals surface area contributed by atoms with Crippen LogP contribution >= 0.6 is 0 Å². The van der Waals surface area contributed by atoms with E-state index in [-0.39, 0.29) is 6.10 Å². The SMILES string of the molecule is CCNc1nc(OC(C)C)nc(N(C)C2CCCCC2)n1. The lowest BCUT2D eigenvalue weighted by molar-refractivity contribution is 0.222. The number of rotatable bonds is 6. The van der Waals surface area contributed by atoms with Gasteiger partial charge in [-0.15, -0.1) is 0 Å². The Kier molecular flexibility index (Phi) is 5.59. The molecule has 0 aromatic carbocycles. The molecule has 6 heteroatoms. The van der Waals surface area contributed by atoms with Crippen molar-refractivity contribution in [1.82, 2.24) is 15.0 Å². The van der Waals surface area contributed by atoms with Crippen molar-refractivity contribution in [3.8, 4) is 6.01 Å². The summed E-state index contributed by atoms with van der Waals surface area (Å²) in [6.07, 6.45) is 6.38. The summed E-state index contributed by atoms with van der Waals surface area (Å²) in [5.74, 6) is 1.28. The van der Waals surface area contributed by atoms with Gasteiger partial charge in [-0.25, -0.2) is 0 Å². The summed E-state index contributed by atoms with van der Waals surface area (Å²) < 4.78 is 5.65. The zero-order valence-electron chi connectivity index (χ0n) is 13.6. The average molecular weight is 293 g/mol. The van der Waals surface area contributed by atoms with Gasteiger partial charge in [-0.1, -0.05) is 19.3 Å². The molecule has 1 aliphatic rings. The minimum absolute atomic E-state index is 0.0507. The molecule has 0 bridgehead atoms. The highest BCUT2D eigenvalue weighted by molar-refractivity contribution is 5.38. The predicted octanol–water partition coefficient (Wildman–Crippen LogP) is 2.86. The van der Waals surface area contributed by atoms with Crippen molar-refractivity contribution >= 4 is 11.9 Å². The minimum Gasteiger partial charge on any atom is -0.461 e. The second-order valence-corrected chi connectivity index (χ2v) is 5.84. The third-order valence-corrected chi connectivity index (χ3v) is 3.72. The Balaban J connectivity index is 2.20. The molecular formula is C15H27N5O. The van der Waals surface area contributed by atoms with E-state index >= 15 is 0 Å². The molecule has 1 saturated carbocycles. The van der Waals surface area contributed by atoms with Crippen LogP contribution in [0.1, 0.15) is 52.9 Å². The average Bonchev–Trinajstić information content (AvgIpc) is 2.47. The maximum Gasteiger partial charge on any atom is 0.323 e. The van der Waals surface area contributed by atoms with Crippen LogP contribution < -0.4 is 15.0 Å². The van der Waals surface area contributed by atoms with E-state index < -0.39 is 0 Å². The molecule has 1 N–H and O–H groups in total. The van der Waals surface area contributed by atoms with Crippen LogP contribution in [0.15, 0.2) is 0 Å². The fraction of sp³-hybridized carbons (Fsp3) is 0.800. The van der Waals surface area contributed by atoms with Crippen molar-refractivity contribution in [3.63, 3.8) is 0 Å². The monoisotopic (exact) mass is 293 g/mol. The van der Waals surface area contributed by atoms with Crippen molar-refractivity contribution in [1.29, 1.82) is 0 Å². The molecule has 2 rings (SSSR count). The molecule has 0 spiro atoms. The normalized spacial score (nSPS) is 16.0. The topological polar surface area (TPSA) is 63.2 Å². The zero-order chi connectivity index (χ0) is 15.2. The van der Waals surface area contributed by atoms with Gasteiger partial charge >= 0.3 is 6.01 Å². The van der Waals surface area contributed by atoms with Gasteiger partial charge in [0.05, 0.1) is 6.10 Å². The Hall–Kier alpha value is -1.59. The molecule has 1 heterocycles. The van der Waals surface area contributed by atoms with Crippen molar-refractivity contribution < 1.29 is 4.74 Å². The van der Waals surface area contributed by atoms with Gasteiger partial charge in [-0.2, -0.15) is 15.0 Å². The highest BCUT2D eigenvalue weighted by atomic mass is 16.5. The van der Waals surface area contributed by atoms with Gasteiger partial charge in [-0.3, -0.25) is 0 Å². The molecule has 0 atom stereocenters. The van der Waals surface area contributed by atoms with Crippen LogP contribution in [-0.4, -0.2) is 40.7 Å². The van der Waals surface area contributed by atoms with Gasteiger partial charge in [-0.05, 0) is 33.6 Å². The summed E-state index contributed by atoms with van der Waals surface area (Å²) in [4.78, 5) is 15.5. The molecule has 1 aliphatic carbocycles. The second-order valence-electron chi connectivity index (χ2n) is 5.84. The fourth-order valence-corrected chi connectivity index (χ4v) is 2.64. The number of nitrogens with zero attached hydrogens (tertiary/aromatic N) is 4. The number of hydrogen-bond donors (Lipinski definition) is 1. The summed E-state index contributed by atoms with van der Waals surface area (Å²) >= 11 is 0. The van der Waals surface area contributed by atoms with E-state index in [1.54, 1.807) is 0 Å². The molecule has 21 heavy (non-hydrogen) atoms. The first kappa shape index (κ1) is 15.8. The first-order valence-corrected chi connectivity index (χ1v) is 7.99. The third kappa shape index (κ3) is 4.44. The Labute approximate surface area is 127 Å². The van der Waals surface area contributed by atoms with Crippen LogP contribution in [0.3, 0.4) is 0 Å². The molecule has 0 unspecified atom stereocenters. The zero-order valence-corrected chi connectivity index (χ0v) is 13.6. The van der Waals surface area contributed by atoms with Crippen LogP contribution in [0.25, 0.3) is 0 Å². The largest absolute Gasteiger partial charge is 0.461 e. The number of ether oxygens (including phenoxy) is 1. The van der Waals surface area contributed by atoms with Crippen molar-refractivity contribution in [3.05, 3.63) is 0 Å². The predicted molar refractivity (Wildman–Crippen MR) is 85.0 cm³/mol. The summed E-state index contributed by atoms with van der Waals surface area (Å²) in [6, 6.07) is 0.913. The smallest absolute Gasteiger partial charge is 0.323 e. The maximum atomic E-state index is 5.65. The van der Waals surface area contributed by atoms with E-state index in [1.165, 1.54) is 32.1 Å². The lowest BCUT2D eigenvalue weighted by atomic mass is 9.95. The molecule has 118 valence electrons. The van der Waals surface area contributed by atoms with Gasteiger partial charge in [0.2, 0.25) is 11.9 Å². The molecule has 0 radical (unpaired) electrons. The number of aromatic nitrogens is 3. The molecular weight excluding hydrogens is 266 g/mol. The van der Waals surface area contributed by atoms with E-state index in [4.69, 9.17) is 4.74 Å². The van der Waals surface area contributed by atoms with Crippen molar-refractivity contribution in [2.75, 3.05) is 23.8 Å². The molecule has 1 aromatic rings. The minimum atomic E-state index is 0.0507. The number of anilines is 2. The molecule has 1 fully saturated rings. The van der Waals surface area contributed by atoms with Crippen LogP contribution in [0.5, 0.6) is 6.01 Å². The second kappa shape index (κ2) is 7.43. The van der Waals surface area contributed by atoms with E-state index in [0.29, 0.717) is 23.9 Å². The lowest BCUT2D eigenvalue weighted by Crippen LogP contribution is -2.35. The van der Waals surface area contributed by atoms with Gasteiger partial charge in [0, 0.05) is 19.6 Å². The number of nitrogens with one attached hydrogen (secondary N) is 1. The van der Waals surface area contributed by atoms with E-state index in [1.807, 2.05) is 20.8 Å². The van der Waals surface area contributed by atoms with Gasteiger partial charge in [0.15, 0.2) is 0 Å².